The van der Waals surface area contributed by atoms with Crippen molar-refractivity contribution >= 4 is 17.6 Å². The van der Waals surface area contributed by atoms with Crippen molar-refractivity contribution in [2.24, 2.45) is 0 Å². The van der Waals surface area contributed by atoms with E-state index in [1.807, 2.05) is 6.92 Å². The third-order valence-electron chi connectivity index (χ3n) is 2.58. The molecule has 0 heterocycles. The lowest BCUT2D eigenvalue weighted by molar-refractivity contribution is -0.146. The molecule has 1 aromatic rings. The second-order valence-electron chi connectivity index (χ2n) is 3.81. The summed E-state index contributed by atoms with van der Waals surface area (Å²) in [6.45, 7) is 1.89. The van der Waals surface area contributed by atoms with Crippen molar-refractivity contribution in [1.29, 1.82) is 0 Å². The molecule has 1 unspecified atom stereocenters. The molecule has 5 heteroatoms. The van der Waals surface area contributed by atoms with E-state index in [-0.39, 0.29) is 6.42 Å². The number of carboxylic acids is 1. The molecule has 0 aliphatic carbocycles. The van der Waals surface area contributed by atoms with E-state index >= 15 is 0 Å². The van der Waals surface area contributed by atoms with Crippen LogP contribution in [0.2, 0.25) is 5.02 Å². The molecule has 0 radical (unpaired) electrons. The Balaban J connectivity index is 2.78. The average Bonchev–Trinajstić information content (AvgIpc) is 2.29. The van der Waals surface area contributed by atoms with Crippen LogP contribution in [0, 0.1) is 6.92 Å². The van der Waals surface area contributed by atoms with Crippen LogP contribution in [0.25, 0.3) is 0 Å². The number of benzene rings is 1. The molecule has 17 heavy (non-hydrogen) atoms. The highest BCUT2D eigenvalue weighted by atomic mass is 35.5. The minimum Gasteiger partial charge on any atom is -0.495 e. The molecular weight excluding hydrogens is 244 g/mol. The highest BCUT2D eigenvalue weighted by molar-refractivity contribution is 6.32. The average molecular weight is 259 g/mol. The molecule has 4 nitrogen and oxygen atoms in total. The maximum absolute atomic E-state index is 10.5. The number of hydrogen-bond donors (Lipinski definition) is 2. The first-order chi connectivity index (χ1) is 7.95. The SMILES string of the molecule is COc1cc(C)c(CCC(O)C(=O)O)cc1Cl. The first-order valence-electron chi connectivity index (χ1n) is 5.19. The Morgan fingerprint density at radius 1 is 1.53 bits per heavy atom. The van der Waals surface area contributed by atoms with Gasteiger partial charge in [0.25, 0.3) is 0 Å². The number of hydrogen-bond acceptors (Lipinski definition) is 3. The zero-order chi connectivity index (χ0) is 13.0. The summed E-state index contributed by atoms with van der Waals surface area (Å²) in [6, 6.07) is 3.54. The van der Waals surface area contributed by atoms with Crippen LogP contribution in [0.5, 0.6) is 5.75 Å². The van der Waals surface area contributed by atoms with Crippen molar-refractivity contribution in [3.05, 3.63) is 28.3 Å². The number of carbonyl (C=O) groups is 1. The molecule has 94 valence electrons. The number of halogens is 1. The molecular formula is C12H15ClO4. The minimum absolute atomic E-state index is 0.166. The van der Waals surface area contributed by atoms with Crippen molar-refractivity contribution in [2.45, 2.75) is 25.9 Å². The monoisotopic (exact) mass is 258 g/mol. The summed E-state index contributed by atoms with van der Waals surface area (Å²) in [6.07, 6.45) is -0.711. The lowest BCUT2D eigenvalue weighted by Gasteiger charge is -2.11. The molecule has 0 fully saturated rings. The molecule has 0 aliphatic rings. The molecule has 0 spiro atoms. The number of aliphatic carboxylic acids is 1. The van der Waals surface area contributed by atoms with Gasteiger partial charge < -0.3 is 14.9 Å². The number of rotatable bonds is 5. The van der Waals surface area contributed by atoms with Gasteiger partial charge in [0, 0.05) is 0 Å². The van der Waals surface area contributed by atoms with Gasteiger partial charge in [-0.25, -0.2) is 4.79 Å². The van der Waals surface area contributed by atoms with Crippen LogP contribution in [-0.2, 0) is 11.2 Å². The van der Waals surface area contributed by atoms with Crippen molar-refractivity contribution < 1.29 is 19.7 Å². The van der Waals surface area contributed by atoms with E-state index in [0.717, 1.165) is 11.1 Å². The Labute approximate surface area is 105 Å². The van der Waals surface area contributed by atoms with Gasteiger partial charge in [-0.15, -0.1) is 0 Å². The minimum atomic E-state index is -1.34. The fourth-order valence-electron chi connectivity index (χ4n) is 1.54. The second kappa shape index (κ2) is 5.89. The summed E-state index contributed by atoms with van der Waals surface area (Å²) in [7, 11) is 1.54. The van der Waals surface area contributed by atoms with Crippen LogP contribution in [0.4, 0.5) is 0 Å². The number of aliphatic hydroxyl groups is 1. The predicted molar refractivity (Wildman–Crippen MR) is 64.7 cm³/mol. The molecule has 1 atom stereocenters. The first-order valence-corrected chi connectivity index (χ1v) is 5.57. The van der Waals surface area contributed by atoms with Gasteiger partial charge in [0.2, 0.25) is 0 Å². The van der Waals surface area contributed by atoms with Crippen LogP contribution in [0.3, 0.4) is 0 Å². The van der Waals surface area contributed by atoms with Gasteiger partial charge in [-0.2, -0.15) is 0 Å². The van der Waals surface area contributed by atoms with E-state index in [9.17, 15) is 9.90 Å². The maximum atomic E-state index is 10.5. The summed E-state index contributed by atoms with van der Waals surface area (Å²) in [5.74, 6) is -0.617. The molecule has 0 bridgehead atoms. The Bertz CT molecular complexity index is 417. The summed E-state index contributed by atoms with van der Waals surface area (Å²) in [5, 5.41) is 18.2. The van der Waals surface area contributed by atoms with Gasteiger partial charge in [0.05, 0.1) is 12.1 Å². The van der Waals surface area contributed by atoms with Gasteiger partial charge >= 0.3 is 5.97 Å². The topological polar surface area (TPSA) is 66.8 Å². The van der Waals surface area contributed by atoms with Crippen LogP contribution >= 0.6 is 11.6 Å². The Hall–Kier alpha value is -1.26. The van der Waals surface area contributed by atoms with E-state index in [4.69, 9.17) is 21.4 Å². The standard InChI is InChI=1S/C12H15ClO4/c1-7-5-11(17-2)9(13)6-8(7)3-4-10(14)12(15)16/h5-6,10,14H,3-4H2,1-2H3,(H,15,16). The molecule has 0 saturated carbocycles. The van der Waals surface area contributed by atoms with Gasteiger partial charge in [0.15, 0.2) is 6.10 Å². The molecule has 0 saturated heterocycles. The van der Waals surface area contributed by atoms with Crippen LogP contribution in [0.15, 0.2) is 12.1 Å². The maximum Gasteiger partial charge on any atom is 0.332 e. The normalized spacial score (nSPS) is 12.2. The summed E-state index contributed by atoms with van der Waals surface area (Å²) in [5.41, 5.74) is 1.87. The molecule has 0 aliphatic heterocycles. The summed E-state index contributed by atoms with van der Waals surface area (Å²) < 4.78 is 5.07. The van der Waals surface area contributed by atoms with Crippen molar-refractivity contribution in [3.8, 4) is 5.75 Å². The lowest BCUT2D eigenvalue weighted by Crippen LogP contribution is -2.20. The number of carboxylic acid groups (broad SMARTS) is 1. The van der Waals surface area contributed by atoms with Crippen molar-refractivity contribution in [2.75, 3.05) is 7.11 Å². The van der Waals surface area contributed by atoms with Crippen LogP contribution in [-0.4, -0.2) is 29.4 Å². The quantitative estimate of drug-likeness (QED) is 0.848. The third kappa shape index (κ3) is 3.61. The fraction of sp³-hybridized carbons (Fsp3) is 0.417. The van der Waals surface area contributed by atoms with E-state index in [1.54, 1.807) is 12.1 Å². The summed E-state index contributed by atoms with van der Waals surface area (Å²) >= 11 is 5.98. The molecule has 2 N–H and O–H groups in total. The molecule has 0 aromatic heterocycles. The number of aryl methyl sites for hydroxylation is 2. The lowest BCUT2D eigenvalue weighted by atomic mass is 10.0. The van der Waals surface area contributed by atoms with E-state index < -0.39 is 12.1 Å². The van der Waals surface area contributed by atoms with Crippen molar-refractivity contribution in [1.82, 2.24) is 0 Å². The Morgan fingerprint density at radius 2 is 2.18 bits per heavy atom. The molecule has 0 amide bonds. The Kier molecular flexibility index (Phi) is 4.78. The predicted octanol–water partition coefficient (Wildman–Crippen LogP) is 2.04. The second-order valence-corrected chi connectivity index (χ2v) is 4.21. The Morgan fingerprint density at radius 3 is 2.71 bits per heavy atom. The fourth-order valence-corrected chi connectivity index (χ4v) is 1.80. The number of methoxy groups -OCH3 is 1. The van der Waals surface area contributed by atoms with E-state index in [0.29, 0.717) is 17.2 Å². The third-order valence-corrected chi connectivity index (χ3v) is 2.88. The van der Waals surface area contributed by atoms with Gasteiger partial charge in [0.1, 0.15) is 5.75 Å². The van der Waals surface area contributed by atoms with Gasteiger partial charge in [-0.1, -0.05) is 11.6 Å². The molecule has 1 rings (SSSR count). The first kappa shape index (κ1) is 13.8. The van der Waals surface area contributed by atoms with Gasteiger partial charge in [-0.05, 0) is 43.0 Å². The largest absolute Gasteiger partial charge is 0.495 e. The van der Waals surface area contributed by atoms with Crippen LogP contribution < -0.4 is 4.74 Å². The zero-order valence-corrected chi connectivity index (χ0v) is 10.5. The van der Waals surface area contributed by atoms with Crippen LogP contribution in [0.1, 0.15) is 17.5 Å². The highest BCUT2D eigenvalue weighted by Gasteiger charge is 2.14. The van der Waals surface area contributed by atoms with Crippen molar-refractivity contribution in [3.63, 3.8) is 0 Å². The van der Waals surface area contributed by atoms with Gasteiger partial charge in [-0.3, -0.25) is 0 Å². The molecule has 1 aromatic carbocycles. The smallest absolute Gasteiger partial charge is 0.332 e. The number of aliphatic hydroxyl groups excluding tert-OH is 1. The zero-order valence-electron chi connectivity index (χ0n) is 9.74. The van der Waals surface area contributed by atoms with E-state index in [2.05, 4.69) is 0 Å². The number of ether oxygens (including phenoxy) is 1. The summed E-state index contributed by atoms with van der Waals surface area (Å²) in [4.78, 5) is 10.5. The highest BCUT2D eigenvalue weighted by Crippen LogP contribution is 2.28. The van der Waals surface area contributed by atoms with E-state index in [1.165, 1.54) is 7.11 Å².